The first kappa shape index (κ1) is 10.2. The fourth-order valence-electron chi connectivity index (χ4n) is 1.65. The summed E-state index contributed by atoms with van der Waals surface area (Å²) in [6.07, 6.45) is 2.39. The second kappa shape index (κ2) is 4.44. The van der Waals surface area contributed by atoms with Gasteiger partial charge in [0.2, 0.25) is 0 Å². The van der Waals surface area contributed by atoms with Crippen LogP contribution in [0.1, 0.15) is 23.8 Å². The fourth-order valence-corrected chi connectivity index (χ4v) is 1.65. The van der Waals surface area contributed by atoms with Crippen LogP contribution in [0.4, 0.5) is 0 Å². The number of hydrogen-bond donors (Lipinski definition) is 1. The van der Waals surface area contributed by atoms with Crippen molar-refractivity contribution < 1.29 is 9.32 Å². The molecule has 2 rings (SSSR count). The van der Waals surface area contributed by atoms with Crippen LogP contribution in [0, 0.1) is 0 Å². The van der Waals surface area contributed by atoms with E-state index < -0.39 is 0 Å². The molecule has 0 bridgehead atoms. The first-order valence-electron chi connectivity index (χ1n) is 5.25. The molecular weight excluding hydrogens is 194 g/mol. The van der Waals surface area contributed by atoms with E-state index in [2.05, 4.69) is 21.9 Å². The van der Waals surface area contributed by atoms with Crippen LogP contribution in [-0.4, -0.2) is 41.6 Å². The van der Waals surface area contributed by atoms with E-state index in [9.17, 15) is 4.79 Å². The molecule has 5 nitrogen and oxygen atoms in total. The van der Waals surface area contributed by atoms with Crippen molar-refractivity contribution in [2.24, 2.45) is 0 Å². The average Bonchev–Trinajstić information content (AvgIpc) is 2.66. The second-order valence-electron chi connectivity index (χ2n) is 3.70. The monoisotopic (exact) mass is 209 g/mol. The van der Waals surface area contributed by atoms with Gasteiger partial charge in [-0.05, 0) is 6.42 Å². The van der Waals surface area contributed by atoms with Crippen molar-refractivity contribution in [2.45, 2.75) is 19.4 Å². The van der Waals surface area contributed by atoms with Crippen LogP contribution in [-0.2, 0) is 0 Å². The summed E-state index contributed by atoms with van der Waals surface area (Å²) in [5, 5.41) is 6.84. The van der Waals surface area contributed by atoms with Crippen molar-refractivity contribution >= 4 is 5.91 Å². The summed E-state index contributed by atoms with van der Waals surface area (Å²) < 4.78 is 4.68. The maximum absolute atomic E-state index is 12.0. The molecule has 1 aromatic rings. The number of aromatic nitrogens is 1. The number of rotatable bonds is 4. The summed E-state index contributed by atoms with van der Waals surface area (Å²) in [4.78, 5) is 13.9. The molecule has 1 fully saturated rings. The van der Waals surface area contributed by atoms with Crippen molar-refractivity contribution in [3.05, 3.63) is 18.0 Å². The highest BCUT2D eigenvalue weighted by Gasteiger charge is 2.29. The van der Waals surface area contributed by atoms with Crippen molar-refractivity contribution in [2.75, 3.05) is 19.6 Å². The number of carbonyl (C=O) groups is 1. The highest BCUT2D eigenvalue weighted by molar-refractivity contribution is 5.92. The summed E-state index contributed by atoms with van der Waals surface area (Å²) in [6, 6.07) is 1.92. The van der Waals surface area contributed by atoms with Crippen LogP contribution in [0.25, 0.3) is 0 Å². The Kier molecular flexibility index (Phi) is 3.01. The lowest BCUT2D eigenvalue weighted by atomic mass is 10.1. The Morgan fingerprint density at radius 3 is 3.00 bits per heavy atom. The summed E-state index contributed by atoms with van der Waals surface area (Å²) in [5.41, 5.74) is 0.398. The number of amides is 1. The highest BCUT2D eigenvalue weighted by Crippen LogP contribution is 2.10. The summed E-state index contributed by atoms with van der Waals surface area (Å²) in [6.45, 7) is 4.60. The van der Waals surface area contributed by atoms with Gasteiger partial charge in [-0.15, -0.1) is 0 Å². The Labute approximate surface area is 88.4 Å². The van der Waals surface area contributed by atoms with E-state index in [1.165, 1.54) is 6.26 Å². The van der Waals surface area contributed by atoms with Gasteiger partial charge in [-0.1, -0.05) is 12.1 Å². The van der Waals surface area contributed by atoms with Crippen molar-refractivity contribution in [3.8, 4) is 0 Å². The molecule has 82 valence electrons. The highest BCUT2D eigenvalue weighted by atomic mass is 16.5. The van der Waals surface area contributed by atoms with E-state index in [0.29, 0.717) is 11.7 Å². The van der Waals surface area contributed by atoms with Gasteiger partial charge in [-0.3, -0.25) is 4.79 Å². The minimum Gasteiger partial charge on any atom is -0.364 e. The predicted octanol–water partition coefficient (Wildman–Crippen LogP) is 0.499. The fraction of sp³-hybridized carbons (Fsp3) is 0.600. The van der Waals surface area contributed by atoms with Crippen LogP contribution in [0.5, 0.6) is 0 Å². The molecular formula is C10H15N3O2. The lowest BCUT2D eigenvalue weighted by Crippen LogP contribution is -2.59. The molecule has 0 aromatic carbocycles. The molecule has 0 aliphatic carbocycles. The van der Waals surface area contributed by atoms with E-state index >= 15 is 0 Å². The third-order valence-corrected chi connectivity index (χ3v) is 2.58. The Balaban J connectivity index is 2.06. The molecule has 1 N–H and O–H groups in total. The third kappa shape index (κ3) is 2.02. The molecule has 1 aliphatic heterocycles. The van der Waals surface area contributed by atoms with Gasteiger partial charge in [0, 0.05) is 25.7 Å². The Hall–Kier alpha value is -1.36. The molecule has 0 atom stereocenters. The smallest absolute Gasteiger partial charge is 0.276 e. The van der Waals surface area contributed by atoms with Gasteiger partial charge in [0.05, 0.1) is 6.04 Å². The Morgan fingerprint density at radius 1 is 1.73 bits per heavy atom. The molecule has 15 heavy (non-hydrogen) atoms. The number of carbonyl (C=O) groups excluding carboxylic acids is 1. The first-order chi connectivity index (χ1) is 7.33. The van der Waals surface area contributed by atoms with Gasteiger partial charge in [0.1, 0.15) is 6.26 Å². The average molecular weight is 209 g/mol. The molecule has 0 unspecified atom stereocenters. The second-order valence-corrected chi connectivity index (χ2v) is 3.70. The van der Waals surface area contributed by atoms with Crippen LogP contribution < -0.4 is 5.32 Å². The van der Waals surface area contributed by atoms with Crippen LogP contribution >= 0.6 is 0 Å². The molecule has 1 aliphatic rings. The van der Waals surface area contributed by atoms with Crippen LogP contribution in [0.3, 0.4) is 0 Å². The maximum atomic E-state index is 12.0. The summed E-state index contributed by atoms with van der Waals surface area (Å²) in [7, 11) is 0. The van der Waals surface area contributed by atoms with Crippen LogP contribution in [0.15, 0.2) is 16.9 Å². The van der Waals surface area contributed by atoms with Gasteiger partial charge in [0.25, 0.3) is 5.91 Å². The van der Waals surface area contributed by atoms with Crippen molar-refractivity contribution in [3.63, 3.8) is 0 Å². The number of hydrogen-bond acceptors (Lipinski definition) is 4. The Morgan fingerprint density at radius 2 is 2.53 bits per heavy atom. The van der Waals surface area contributed by atoms with E-state index in [-0.39, 0.29) is 5.91 Å². The zero-order valence-corrected chi connectivity index (χ0v) is 8.77. The summed E-state index contributed by atoms with van der Waals surface area (Å²) in [5.74, 6) is -0.0305. The molecule has 1 amide bonds. The minimum absolute atomic E-state index is 0.0305. The van der Waals surface area contributed by atoms with Gasteiger partial charge in [0.15, 0.2) is 5.69 Å². The lowest BCUT2D eigenvalue weighted by molar-refractivity contribution is 0.0605. The normalized spacial score (nSPS) is 16.1. The third-order valence-electron chi connectivity index (χ3n) is 2.58. The molecule has 0 radical (unpaired) electrons. The molecule has 5 heteroatoms. The minimum atomic E-state index is -0.0305. The molecule has 1 aromatic heterocycles. The predicted molar refractivity (Wildman–Crippen MR) is 54.5 cm³/mol. The maximum Gasteiger partial charge on any atom is 0.276 e. The molecule has 1 saturated heterocycles. The Bertz CT molecular complexity index is 319. The lowest BCUT2D eigenvalue weighted by Gasteiger charge is -2.37. The number of nitrogens with zero attached hydrogens (tertiary/aromatic N) is 2. The van der Waals surface area contributed by atoms with E-state index in [0.717, 1.165) is 26.1 Å². The summed E-state index contributed by atoms with van der Waals surface area (Å²) >= 11 is 0. The van der Waals surface area contributed by atoms with Crippen LogP contribution in [0.2, 0.25) is 0 Å². The van der Waals surface area contributed by atoms with E-state index in [1.807, 2.05) is 4.90 Å². The van der Waals surface area contributed by atoms with Crippen molar-refractivity contribution in [1.29, 1.82) is 0 Å². The zero-order valence-electron chi connectivity index (χ0n) is 8.77. The number of nitrogens with one attached hydrogen (secondary N) is 1. The van der Waals surface area contributed by atoms with Crippen molar-refractivity contribution in [1.82, 2.24) is 15.4 Å². The molecule has 2 heterocycles. The van der Waals surface area contributed by atoms with Gasteiger partial charge in [-0.2, -0.15) is 0 Å². The van der Waals surface area contributed by atoms with Gasteiger partial charge in [-0.25, -0.2) is 0 Å². The van der Waals surface area contributed by atoms with Gasteiger partial charge < -0.3 is 14.7 Å². The quantitative estimate of drug-likeness (QED) is 0.784. The first-order valence-corrected chi connectivity index (χ1v) is 5.25. The standard InChI is InChI=1S/C10H15N3O2/c1-2-4-13(8-6-11-7-8)10(14)9-3-5-15-12-9/h3,5,8,11H,2,4,6-7H2,1H3. The largest absolute Gasteiger partial charge is 0.364 e. The SMILES string of the molecule is CCCN(C(=O)c1ccon1)C1CNC1. The van der Waals surface area contributed by atoms with E-state index in [4.69, 9.17) is 0 Å². The molecule has 0 spiro atoms. The molecule has 0 saturated carbocycles. The van der Waals surface area contributed by atoms with E-state index in [1.54, 1.807) is 6.07 Å². The zero-order chi connectivity index (χ0) is 10.7. The topological polar surface area (TPSA) is 58.4 Å². The van der Waals surface area contributed by atoms with Gasteiger partial charge >= 0.3 is 0 Å².